The van der Waals surface area contributed by atoms with E-state index in [0.29, 0.717) is 12.1 Å². The van der Waals surface area contributed by atoms with Crippen LogP contribution in [0.15, 0.2) is 48.5 Å². The van der Waals surface area contributed by atoms with Gasteiger partial charge in [-0.1, -0.05) is 24.3 Å². The normalized spacial score (nSPS) is 10.1. The van der Waals surface area contributed by atoms with Crippen molar-refractivity contribution < 1.29 is 4.79 Å². The predicted octanol–water partition coefficient (Wildman–Crippen LogP) is 3.08. The summed E-state index contributed by atoms with van der Waals surface area (Å²) in [6.07, 6.45) is 0. The molecular weight excluding hydrogens is 224 g/mol. The minimum atomic E-state index is 0.0719. The maximum absolute atomic E-state index is 11.3. The third-order valence-electron chi connectivity index (χ3n) is 2.72. The SMILES string of the molecule is CC(=O)c1cccc(NCc2cccc(N)c2)c1. The second-order valence-corrected chi connectivity index (χ2v) is 4.24. The number of nitrogens with two attached hydrogens (primary N) is 1. The zero-order valence-electron chi connectivity index (χ0n) is 10.3. The maximum Gasteiger partial charge on any atom is 0.159 e. The predicted molar refractivity (Wildman–Crippen MR) is 74.6 cm³/mol. The van der Waals surface area contributed by atoms with Crippen LogP contribution in [-0.2, 0) is 6.54 Å². The molecule has 0 aromatic heterocycles. The minimum Gasteiger partial charge on any atom is -0.399 e. The number of hydrogen-bond donors (Lipinski definition) is 2. The Bertz CT molecular complexity index is 564. The molecule has 0 radical (unpaired) electrons. The molecule has 0 aliphatic heterocycles. The van der Waals surface area contributed by atoms with Crippen molar-refractivity contribution in [3.05, 3.63) is 59.7 Å². The van der Waals surface area contributed by atoms with Gasteiger partial charge in [-0.25, -0.2) is 0 Å². The third-order valence-corrected chi connectivity index (χ3v) is 2.72. The van der Waals surface area contributed by atoms with E-state index in [9.17, 15) is 4.79 Å². The first kappa shape index (κ1) is 12.2. The number of ketones is 1. The smallest absolute Gasteiger partial charge is 0.159 e. The number of benzene rings is 2. The molecule has 2 rings (SSSR count). The van der Waals surface area contributed by atoms with E-state index in [1.54, 1.807) is 6.92 Å². The average molecular weight is 240 g/mol. The van der Waals surface area contributed by atoms with Crippen LogP contribution in [0, 0.1) is 0 Å². The van der Waals surface area contributed by atoms with Crippen molar-refractivity contribution in [3.63, 3.8) is 0 Å². The largest absolute Gasteiger partial charge is 0.399 e. The topological polar surface area (TPSA) is 55.1 Å². The highest BCUT2D eigenvalue weighted by Gasteiger charge is 2.00. The van der Waals surface area contributed by atoms with Crippen LogP contribution in [0.1, 0.15) is 22.8 Å². The Labute approximate surface area is 107 Å². The standard InChI is InChI=1S/C15H16N2O/c1-11(18)13-5-3-7-15(9-13)17-10-12-4-2-6-14(16)8-12/h2-9,17H,10,16H2,1H3. The van der Waals surface area contributed by atoms with Crippen molar-refractivity contribution in [2.45, 2.75) is 13.5 Å². The quantitative estimate of drug-likeness (QED) is 0.638. The Morgan fingerprint density at radius 2 is 1.94 bits per heavy atom. The first-order valence-corrected chi connectivity index (χ1v) is 5.84. The summed E-state index contributed by atoms with van der Waals surface area (Å²) in [5, 5.41) is 3.28. The molecule has 2 aromatic rings. The molecular formula is C15H16N2O. The highest BCUT2D eigenvalue weighted by molar-refractivity contribution is 5.94. The van der Waals surface area contributed by atoms with Crippen molar-refractivity contribution in [2.24, 2.45) is 0 Å². The van der Waals surface area contributed by atoms with Gasteiger partial charge in [0.2, 0.25) is 0 Å². The Morgan fingerprint density at radius 1 is 1.17 bits per heavy atom. The Balaban J connectivity index is 2.06. The van der Waals surface area contributed by atoms with E-state index in [2.05, 4.69) is 5.32 Å². The number of carbonyl (C=O) groups is 1. The minimum absolute atomic E-state index is 0.0719. The molecule has 0 spiro atoms. The summed E-state index contributed by atoms with van der Waals surface area (Å²) in [5.41, 5.74) is 9.24. The molecule has 0 aliphatic rings. The van der Waals surface area contributed by atoms with Gasteiger partial charge in [0.15, 0.2) is 5.78 Å². The summed E-state index contributed by atoms with van der Waals surface area (Å²) in [6, 6.07) is 15.2. The maximum atomic E-state index is 11.3. The molecule has 0 heterocycles. The third kappa shape index (κ3) is 3.10. The van der Waals surface area contributed by atoms with Crippen LogP contribution in [0.25, 0.3) is 0 Å². The Morgan fingerprint density at radius 3 is 2.67 bits per heavy atom. The molecule has 0 amide bonds. The van der Waals surface area contributed by atoms with Crippen molar-refractivity contribution in [1.29, 1.82) is 0 Å². The zero-order chi connectivity index (χ0) is 13.0. The van der Waals surface area contributed by atoms with E-state index in [4.69, 9.17) is 5.73 Å². The monoisotopic (exact) mass is 240 g/mol. The van der Waals surface area contributed by atoms with Crippen molar-refractivity contribution in [3.8, 4) is 0 Å². The van der Waals surface area contributed by atoms with Gasteiger partial charge in [0, 0.05) is 23.5 Å². The molecule has 2 aromatic carbocycles. The van der Waals surface area contributed by atoms with Gasteiger partial charge in [0.05, 0.1) is 0 Å². The number of hydrogen-bond acceptors (Lipinski definition) is 3. The fraction of sp³-hybridized carbons (Fsp3) is 0.133. The lowest BCUT2D eigenvalue weighted by Crippen LogP contribution is -2.01. The molecule has 0 fully saturated rings. The molecule has 3 heteroatoms. The van der Waals surface area contributed by atoms with Crippen LogP contribution in [0.2, 0.25) is 0 Å². The lowest BCUT2D eigenvalue weighted by Gasteiger charge is -2.08. The first-order chi connectivity index (χ1) is 8.65. The summed E-state index contributed by atoms with van der Waals surface area (Å²) in [7, 11) is 0. The summed E-state index contributed by atoms with van der Waals surface area (Å²) >= 11 is 0. The lowest BCUT2D eigenvalue weighted by atomic mass is 10.1. The van der Waals surface area contributed by atoms with Gasteiger partial charge in [-0.15, -0.1) is 0 Å². The zero-order valence-corrected chi connectivity index (χ0v) is 10.3. The number of anilines is 2. The highest BCUT2D eigenvalue weighted by atomic mass is 16.1. The summed E-state index contributed by atoms with van der Waals surface area (Å²) in [4.78, 5) is 11.3. The highest BCUT2D eigenvalue weighted by Crippen LogP contribution is 2.13. The molecule has 0 aliphatic carbocycles. The van der Waals surface area contributed by atoms with Crippen LogP contribution < -0.4 is 11.1 Å². The van der Waals surface area contributed by atoms with E-state index in [1.807, 2.05) is 48.5 Å². The van der Waals surface area contributed by atoms with Crippen LogP contribution in [0.5, 0.6) is 0 Å². The van der Waals surface area contributed by atoms with Crippen molar-refractivity contribution >= 4 is 17.2 Å². The first-order valence-electron chi connectivity index (χ1n) is 5.84. The molecule has 0 saturated heterocycles. The van der Waals surface area contributed by atoms with E-state index in [-0.39, 0.29) is 5.78 Å². The van der Waals surface area contributed by atoms with Crippen LogP contribution in [0.3, 0.4) is 0 Å². The number of nitrogen functional groups attached to an aromatic ring is 1. The van der Waals surface area contributed by atoms with Crippen LogP contribution >= 0.6 is 0 Å². The Kier molecular flexibility index (Phi) is 3.63. The van der Waals surface area contributed by atoms with Crippen LogP contribution in [0.4, 0.5) is 11.4 Å². The van der Waals surface area contributed by atoms with Gasteiger partial charge in [-0.3, -0.25) is 4.79 Å². The number of carbonyl (C=O) groups excluding carboxylic acids is 1. The molecule has 0 saturated carbocycles. The molecule has 3 nitrogen and oxygen atoms in total. The van der Waals surface area contributed by atoms with Gasteiger partial charge >= 0.3 is 0 Å². The molecule has 18 heavy (non-hydrogen) atoms. The summed E-state index contributed by atoms with van der Waals surface area (Å²) in [6.45, 7) is 2.25. The fourth-order valence-corrected chi connectivity index (χ4v) is 1.76. The molecule has 0 atom stereocenters. The van der Waals surface area contributed by atoms with Crippen molar-refractivity contribution in [1.82, 2.24) is 0 Å². The number of rotatable bonds is 4. The van der Waals surface area contributed by atoms with E-state index in [0.717, 1.165) is 16.9 Å². The van der Waals surface area contributed by atoms with Crippen molar-refractivity contribution in [2.75, 3.05) is 11.1 Å². The molecule has 3 N–H and O–H groups in total. The van der Waals surface area contributed by atoms with E-state index >= 15 is 0 Å². The van der Waals surface area contributed by atoms with Gasteiger partial charge in [0.1, 0.15) is 0 Å². The average Bonchev–Trinajstić information content (AvgIpc) is 2.37. The Hall–Kier alpha value is -2.29. The van der Waals surface area contributed by atoms with Gasteiger partial charge in [-0.2, -0.15) is 0 Å². The second-order valence-electron chi connectivity index (χ2n) is 4.24. The summed E-state index contributed by atoms with van der Waals surface area (Å²) in [5.74, 6) is 0.0719. The number of Topliss-reactive ketones (excluding diaryl/α,β-unsaturated/α-hetero) is 1. The van der Waals surface area contributed by atoms with Crippen LogP contribution in [-0.4, -0.2) is 5.78 Å². The van der Waals surface area contributed by atoms with E-state index < -0.39 is 0 Å². The fourth-order valence-electron chi connectivity index (χ4n) is 1.76. The second kappa shape index (κ2) is 5.36. The van der Waals surface area contributed by atoms with Gasteiger partial charge in [-0.05, 0) is 36.8 Å². The molecule has 92 valence electrons. The summed E-state index contributed by atoms with van der Waals surface area (Å²) < 4.78 is 0. The van der Waals surface area contributed by atoms with Gasteiger partial charge < -0.3 is 11.1 Å². The molecule has 0 bridgehead atoms. The number of nitrogens with one attached hydrogen (secondary N) is 1. The van der Waals surface area contributed by atoms with E-state index in [1.165, 1.54) is 0 Å². The van der Waals surface area contributed by atoms with Gasteiger partial charge in [0.25, 0.3) is 0 Å². The molecule has 0 unspecified atom stereocenters. The lowest BCUT2D eigenvalue weighted by molar-refractivity contribution is 0.101.